The van der Waals surface area contributed by atoms with Crippen LogP contribution in [0.4, 0.5) is 8.78 Å². The van der Waals surface area contributed by atoms with E-state index >= 15 is 0 Å². The Morgan fingerprint density at radius 1 is 1.05 bits per heavy atom. The molecule has 2 nitrogen and oxygen atoms in total. The fourth-order valence-electron chi connectivity index (χ4n) is 2.54. The van der Waals surface area contributed by atoms with Crippen molar-refractivity contribution in [1.82, 2.24) is 0 Å². The lowest BCUT2D eigenvalue weighted by Gasteiger charge is -2.11. The first-order valence-electron chi connectivity index (χ1n) is 6.67. The minimum Gasteiger partial charge on any atom is -0.459 e. The maximum atomic E-state index is 13.9. The summed E-state index contributed by atoms with van der Waals surface area (Å²) in [5.74, 6) is -0.605. The molecule has 0 bridgehead atoms. The van der Waals surface area contributed by atoms with Gasteiger partial charge in [-0.05, 0) is 44.2 Å². The molecule has 3 rings (SSSR count). The maximum Gasteiger partial charge on any atom is 0.134 e. The molecule has 0 radical (unpaired) electrons. The monoisotopic (exact) mass is 287 g/mol. The molecule has 1 heterocycles. The van der Waals surface area contributed by atoms with Gasteiger partial charge in [0, 0.05) is 16.5 Å². The van der Waals surface area contributed by atoms with Crippen molar-refractivity contribution in [2.45, 2.75) is 19.9 Å². The molecule has 0 saturated heterocycles. The standard InChI is InChI=1S/C17H15F2NO/c1-9-3-6-15-12(7-9)10(2)17(21-15)16(20)13-8-11(18)4-5-14(13)19/h3-8,16H,20H2,1-2H3. The summed E-state index contributed by atoms with van der Waals surface area (Å²) in [6.45, 7) is 3.86. The maximum absolute atomic E-state index is 13.9. The zero-order valence-electron chi connectivity index (χ0n) is 11.8. The van der Waals surface area contributed by atoms with Crippen LogP contribution in [-0.4, -0.2) is 0 Å². The summed E-state index contributed by atoms with van der Waals surface area (Å²) in [4.78, 5) is 0. The molecule has 2 aromatic carbocycles. The number of furan rings is 1. The van der Waals surface area contributed by atoms with Gasteiger partial charge in [-0.3, -0.25) is 0 Å². The van der Waals surface area contributed by atoms with Gasteiger partial charge < -0.3 is 10.2 Å². The number of benzene rings is 2. The predicted octanol–water partition coefficient (Wildman–Crippen LogP) is 4.38. The van der Waals surface area contributed by atoms with Gasteiger partial charge in [0.05, 0.1) is 6.04 Å². The summed E-state index contributed by atoms with van der Waals surface area (Å²) < 4.78 is 32.9. The Morgan fingerprint density at radius 3 is 2.57 bits per heavy atom. The van der Waals surface area contributed by atoms with Gasteiger partial charge in [-0.2, -0.15) is 0 Å². The summed E-state index contributed by atoms with van der Waals surface area (Å²) in [5.41, 5.74) is 8.83. The molecule has 108 valence electrons. The summed E-state index contributed by atoms with van der Waals surface area (Å²) in [5, 5.41) is 0.942. The molecule has 0 aliphatic carbocycles. The minimum absolute atomic E-state index is 0.0916. The Kier molecular flexibility index (Phi) is 3.26. The van der Waals surface area contributed by atoms with E-state index in [1.165, 1.54) is 0 Å². The summed E-state index contributed by atoms with van der Waals surface area (Å²) in [6.07, 6.45) is 0. The van der Waals surface area contributed by atoms with Crippen LogP contribution in [0.15, 0.2) is 40.8 Å². The van der Waals surface area contributed by atoms with Crippen molar-refractivity contribution in [2.75, 3.05) is 0 Å². The third-order valence-corrected chi connectivity index (χ3v) is 3.70. The first-order valence-corrected chi connectivity index (χ1v) is 6.67. The number of rotatable bonds is 2. The number of hydrogen-bond acceptors (Lipinski definition) is 2. The molecule has 21 heavy (non-hydrogen) atoms. The molecule has 4 heteroatoms. The van der Waals surface area contributed by atoms with Gasteiger partial charge in [-0.15, -0.1) is 0 Å². The van der Waals surface area contributed by atoms with E-state index in [0.717, 1.165) is 34.7 Å². The zero-order valence-corrected chi connectivity index (χ0v) is 11.8. The lowest BCUT2D eigenvalue weighted by molar-refractivity contribution is 0.503. The Hall–Kier alpha value is -2.20. The van der Waals surface area contributed by atoms with Crippen LogP contribution < -0.4 is 5.73 Å². The van der Waals surface area contributed by atoms with Crippen molar-refractivity contribution in [2.24, 2.45) is 5.73 Å². The van der Waals surface area contributed by atoms with E-state index in [0.29, 0.717) is 11.3 Å². The summed E-state index contributed by atoms with van der Waals surface area (Å²) in [6, 6.07) is 8.20. The van der Waals surface area contributed by atoms with Gasteiger partial charge in [-0.1, -0.05) is 11.6 Å². The molecular formula is C17H15F2NO. The Bertz CT molecular complexity index is 823. The third kappa shape index (κ3) is 2.32. The van der Waals surface area contributed by atoms with Gasteiger partial charge in [-0.25, -0.2) is 8.78 Å². The fourth-order valence-corrected chi connectivity index (χ4v) is 2.54. The lowest BCUT2D eigenvalue weighted by atomic mass is 10.0. The normalized spacial score (nSPS) is 12.8. The molecular weight excluding hydrogens is 272 g/mol. The van der Waals surface area contributed by atoms with Crippen molar-refractivity contribution < 1.29 is 13.2 Å². The highest BCUT2D eigenvalue weighted by Gasteiger charge is 2.21. The second kappa shape index (κ2) is 4.97. The molecule has 0 saturated carbocycles. The van der Waals surface area contributed by atoms with Crippen molar-refractivity contribution in [1.29, 1.82) is 0 Å². The molecule has 1 unspecified atom stereocenters. The van der Waals surface area contributed by atoms with Crippen molar-refractivity contribution in [3.05, 3.63) is 70.5 Å². The molecule has 2 N–H and O–H groups in total. The zero-order chi connectivity index (χ0) is 15.1. The Balaban J connectivity index is 2.15. The van der Waals surface area contributed by atoms with Gasteiger partial charge in [0.15, 0.2) is 0 Å². The number of aryl methyl sites for hydroxylation is 2. The Morgan fingerprint density at radius 2 is 1.81 bits per heavy atom. The molecule has 3 aromatic rings. The van der Waals surface area contributed by atoms with Crippen LogP contribution in [0.5, 0.6) is 0 Å². The minimum atomic E-state index is -0.839. The topological polar surface area (TPSA) is 39.2 Å². The van der Waals surface area contributed by atoms with Crippen LogP contribution in [-0.2, 0) is 0 Å². The summed E-state index contributed by atoms with van der Waals surface area (Å²) >= 11 is 0. The average molecular weight is 287 g/mol. The highest BCUT2D eigenvalue weighted by molar-refractivity contribution is 5.83. The van der Waals surface area contributed by atoms with Crippen LogP contribution in [0.2, 0.25) is 0 Å². The number of hydrogen-bond donors (Lipinski definition) is 1. The first-order chi connectivity index (χ1) is 9.97. The van der Waals surface area contributed by atoms with Gasteiger partial charge in [0.2, 0.25) is 0 Å². The van der Waals surface area contributed by atoms with Crippen molar-refractivity contribution in [3.8, 4) is 0 Å². The molecule has 0 amide bonds. The van der Waals surface area contributed by atoms with Crippen LogP contribution in [0.3, 0.4) is 0 Å². The summed E-state index contributed by atoms with van der Waals surface area (Å²) in [7, 11) is 0. The SMILES string of the molecule is Cc1ccc2oc(C(N)c3cc(F)ccc3F)c(C)c2c1. The predicted molar refractivity (Wildman–Crippen MR) is 78.1 cm³/mol. The van der Waals surface area contributed by atoms with E-state index < -0.39 is 17.7 Å². The van der Waals surface area contributed by atoms with Gasteiger partial charge in [0.25, 0.3) is 0 Å². The van der Waals surface area contributed by atoms with Crippen molar-refractivity contribution >= 4 is 11.0 Å². The molecule has 0 fully saturated rings. The third-order valence-electron chi connectivity index (χ3n) is 3.70. The Labute approximate surface area is 121 Å². The molecule has 1 atom stereocenters. The van der Waals surface area contributed by atoms with E-state index in [4.69, 9.17) is 10.2 Å². The second-order valence-corrected chi connectivity index (χ2v) is 5.23. The highest BCUT2D eigenvalue weighted by atomic mass is 19.1. The first kappa shape index (κ1) is 13.8. The van der Waals surface area contributed by atoms with E-state index in [1.807, 2.05) is 32.0 Å². The van der Waals surface area contributed by atoms with Crippen LogP contribution in [0.25, 0.3) is 11.0 Å². The number of nitrogens with two attached hydrogens (primary N) is 1. The fraction of sp³-hybridized carbons (Fsp3) is 0.176. The van der Waals surface area contributed by atoms with Crippen LogP contribution in [0.1, 0.15) is 28.5 Å². The molecule has 0 spiro atoms. The number of fused-ring (bicyclic) bond motifs is 1. The lowest BCUT2D eigenvalue weighted by Crippen LogP contribution is -2.14. The van der Waals surface area contributed by atoms with Gasteiger partial charge in [0.1, 0.15) is 23.0 Å². The second-order valence-electron chi connectivity index (χ2n) is 5.23. The van der Waals surface area contributed by atoms with Gasteiger partial charge >= 0.3 is 0 Å². The molecule has 0 aliphatic heterocycles. The van der Waals surface area contributed by atoms with Crippen LogP contribution >= 0.6 is 0 Å². The van der Waals surface area contributed by atoms with Crippen molar-refractivity contribution in [3.63, 3.8) is 0 Å². The number of halogens is 2. The van der Waals surface area contributed by atoms with E-state index in [9.17, 15) is 8.78 Å². The van der Waals surface area contributed by atoms with E-state index in [1.54, 1.807) is 0 Å². The largest absolute Gasteiger partial charge is 0.459 e. The quantitative estimate of drug-likeness (QED) is 0.760. The average Bonchev–Trinajstić information content (AvgIpc) is 2.78. The van der Waals surface area contributed by atoms with E-state index in [2.05, 4.69) is 0 Å². The smallest absolute Gasteiger partial charge is 0.134 e. The van der Waals surface area contributed by atoms with Crippen LogP contribution in [0, 0.1) is 25.5 Å². The van der Waals surface area contributed by atoms with E-state index in [-0.39, 0.29) is 5.56 Å². The molecule has 0 aliphatic rings. The highest BCUT2D eigenvalue weighted by Crippen LogP contribution is 2.33. The molecule has 1 aromatic heterocycles.